The van der Waals surface area contributed by atoms with Gasteiger partial charge < -0.3 is 26.2 Å². The molecule has 1 saturated heterocycles. The summed E-state index contributed by atoms with van der Waals surface area (Å²) < 4.78 is 20.0. The summed E-state index contributed by atoms with van der Waals surface area (Å²) >= 11 is 1.55. The van der Waals surface area contributed by atoms with Crippen molar-refractivity contribution < 1.29 is 19.0 Å². The number of primary amides is 1. The van der Waals surface area contributed by atoms with Crippen LogP contribution in [0.5, 0.6) is 5.75 Å². The van der Waals surface area contributed by atoms with Crippen LogP contribution in [0.4, 0.5) is 14.9 Å². The van der Waals surface area contributed by atoms with Gasteiger partial charge in [0.05, 0.1) is 24.5 Å². The molecule has 1 fully saturated rings. The molecule has 7 nitrogen and oxygen atoms in total. The first kappa shape index (κ1) is 19.7. The maximum atomic E-state index is 13.9. The van der Waals surface area contributed by atoms with Crippen LogP contribution >= 0.6 is 11.3 Å². The molecule has 154 valence electrons. The lowest BCUT2D eigenvalue weighted by Crippen LogP contribution is -2.36. The molecule has 0 saturated carbocycles. The van der Waals surface area contributed by atoms with Gasteiger partial charge in [-0.25, -0.2) is 9.18 Å². The van der Waals surface area contributed by atoms with Crippen molar-refractivity contribution >= 4 is 28.8 Å². The number of carbonyl (C=O) groups excluding carboxylic acids is 1. The number of aliphatic hydroxyl groups is 1. The van der Waals surface area contributed by atoms with Crippen molar-refractivity contribution in [1.82, 2.24) is 10.2 Å². The number of fused-ring (bicyclic) bond motifs is 1. The highest BCUT2D eigenvalue weighted by Crippen LogP contribution is 2.38. The highest BCUT2D eigenvalue weighted by Gasteiger charge is 2.28. The Morgan fingerprint density at radius 1 is 1.48 bits per heavy atom. The molecule has 0 aliphatic carbocycles. The number of nitrogens with zero attached hydrogens (tertiary/aromatic N) is 1. The van der Waals surface area contributed by atoms with E-state index < -0.39 is 11.8 Å². The molecular formula is C20H23FN4O3S. The third-order valence-corrected chi connectivity index (χ3v) is 6.15. The van der Waals surface area contributed by atoms with Crippen LogP contribution in [-0.4, -0.2) is 41.3 Å². The number of nitrogens with two attached hydrogens (primary N) is 1. The van der Waals surface area contributed by atoms with E-state index >= 15 is 0 Å². The zero-order valence-electron chi connectivity index (χ0n) is 15.9. The highest BCUT2D eigenvalue weighted by atomic mass is 32.1. The summed E-state index contributed by atoms with van der Waals surface area (Å²) in [5, 5.41) is 17.8. The first-order valence-electron chi connectivity index (χ1n) is 9.38. The van der Waals surface area contributed by atoms with Crippen LogP contribution < -0.4 is 21.1 Å². The number of rotatable bonds is 5. The maximum absolute atomic E-state index is 13.9. The Balaban J connectivity index is 1.65. The molecule has 29 heavy (non-hydrogen) atoms. The second kappa shape index (κ2) is 8.02. The Bertz CT molecular complexity index is 961. The van der Waals surface area contributed by atoms with Crippen LogP contribution in [0.1, 0.15) is 23.8 Å². The van der Waals surface area contributed by atoms with Crippen molar-refractivity contribution in [3.63, 3.8) is 0 Å². The van der Waals surface area contributed by atoms with Crippen molar-refractivity contribution in [3.8, 4) is 5.75 Å². The summed E-state index contributed by atoms with van der Waals surface area (Å²) in [4.78, 5) is 14.4. The minimum absolute atomic E-state index is 0.0224. The van der Waals surface area contributed by atoms with E-state index in [1.807, 2.05) is 18.4 Å². The molecular weight excluding hydrogens is 395 g/mol. The number of thiophene rings is 1. The number of halogens is 1. The summed E-state index contributed by atoms with van der Waals surface area (Å²) in [6.07, 6.45) is 0.466. The molecule has 2 aliphatic heterocycles. The molecule has 4 rings (SSSR count). The summed E-state index contributed by atoms with van der Waals surface area (Å²) in [6.45, 7) is 2.87. The number of anilines is 1. The number of urea groups is 1. The standard InChI is InChI=1S/C20H23FN4O3S/c1-11-19(15-4-5-29-18(15)9-25(11)20(22)27)24-16-3-2-12(21)6-17(16)28-14-7-13(10-26)23-8-14/h2-6,13-14,23-24,26H,7-10H2,1H3,(H2,22,27). The van der Waals surface area contributed by atoms with E-state index in [0.29, 0.717) is 36.6 Å². The Labute approximate surface area is 172 Å². The Kier molecular flexibility index (Phi) is 5.44. The number of ether oxygens (including phenoxy) is 1. The second-order valence-electron chi connectivity index (χ2n) is 7.17. The minimum atomic E-state index is -0.525. The Hall–Kier alpha value is -2.62. The van der Waals surface area contributed by atoms with Crippen LogP contribution in [0.15, 0.2) is 35.3 Å². The van der Waals surface area contributed by atoms with Gasteiger partial charge in [-0.15, -0.1) is 11.3 Å². The number of carbonyl (C=O) groups is 1. The summed E-state index contributed by atoms with van der Waals surface area (Å²) in [6, 6.07) is 5.76. The molecule has 1 aromatic heterocycles. The van der Waals surface area contributed by atoms with E-state index in [1.54, 1.807) is 17.4 Å². The van der Waals surface area contributed by atoms with Gasteiger partial charge in [0.15, 0.2) is 0 Å². The predicted molar refractivity (Wildman–Crippen MR) is 110 cm³/mol. The maximum Gasteiger partial charge on any atom is 0.319 e. The molecule has 3 heterocycles. The van der Waals surface area contributed by atoms with Crippen molar-refractivity contribution in [2.45, 2.75) is 32.0 Å². The van der Waals surface area contributed by atoms with Gasteiger partial charge in [-0.2, -0.15) is 0 Å². The number of aliphatic hydroxyl groups excluding tert-OH is 1. The molecule has 1 aromatic carbocycles. The van der Waals surface area contributed by atoms with Gasteiger partial charge in [0.1, 0.15) is 17.7 Å². The average molecular weight is 418 g/mol. The lowest BCUT2D eigenvalue weighted by atomic mass is 10.1. The Morgan fingerprint density at radius 3 is 3.03 bits per heavy atom. The number of benzene rings is 1. The predicted octanol–water partition coefficient (Wildman–Crippen LogP) is 2.68. The topological polar surface area (TPSA) is 99.8 Å². The van der Waals surface area contributed by atoms with Crippen LogP contribution in [0.2, 0.25) is 0 Å². The van der Waals surface area contributed by atoms with Gasteiger partial charge in [0, 0.05) is 41.2 Å². The summed E-state index contributed by atoms with van der Waals surface area (Å²) in [5.41, 5.74) is 8.57. The van der Waals surface area contributed by atoms with Crippen LogP contribution in [0.3, 0.4) is 0 Å². The van der Waals surface area contributed by atoms with Crippen molar-refractivity contribution in [3.05, 3.63) is 51.6 Å². The van der Waals surface area contributed by atoms with E-state index in [0.717, 1.165) is 16.1 Å². The van der Waals surface area contributed by atoms with E-state index in [1.165, 1.54) is 17.0 Å². The van der Waals surface area contributed by atoms with Crippen molar-refractivity contribution in [1.29, 1.82) is 0 Å². The molecule has 9 heteroatoms. The monoisotopic (exact) mass is 418 g/mol. The number of nitrogens with one attached hydrogen (secondary N) is 2. The van der Waals surface area contributed by atoms with Crippen LogP contribution in [0, 0.1) is 5.82 Å². The minimum Gasteiger partial charge on any atom is -0.487 e. The molecule has 0 radical (unpaired) electrons. The molecule has 2 unspecified atom stereocenters. The first-order chi connectivity index (χ1) is 14.0. The summed E-state index contributed by atoms with van der Waals surface area (Å²) in [5.74, 6) is -0.0248. The number of hydrogen-bond donors (Lipinski definition) is 4. The van der Waals surface area contributed by atoms with Crippen molar-refractivity contribution in [2.24, 2.45) is 5.73 Å². The third-order valence-electron chi connectivity index (χ3n) is 5.25. The number of amides is 2. The van der Waals surface area contributed by atoms with Crippen molar-refractivity contribution in [2.75, 3.05) is 18.5 Å². The zero-order valence-corrected chi connectivity index (χ0v) is 16.8. The normalized spacial score (nSPS) is 21.3. The zero-order chi connectivity index (χ0) is 20.5. The van der Waals surface area contributed by atoms with Gasteiger partial charge in [-0.1, -0.05) is 0 Å². The third kappa shape index (κ3) is 3.93. The Morgan fingerprint density at radius 2 is 2.31 bits per heavy atom. The largest absolute Gasteiger partial charge is 0.487 e. The fourth-order valence-electron chi connectivity index (χ4n) is 3.70. The molecule has 5 N–H and O–H groups in total. The lowest BCUT2D eigenvalue weighted by Gasteiger charge is -2.30. The molecule has 2 aliphatic rings. The molecule has 2 amide bonds. The highest BCUT2D eigenvalue weighted by molar-refractivity contribution is 7.10. The van der Waals surface area contributed by atoms with Gasteiger partial charge >= 0.3 is 6.03 Å². The van der Waals surface area contributed by atoms with Gasteiger partial charge in [-0.05, 0) is 30.5 Å². The lowest BCUT2D eigenvalue weighted by molar-refractivity contribution is 0.207. The number of allylic oxidation sites excluding steroid dienone is 1. The fraction of sp³-hybridized carbons (Fsp3) is 0.350. The van der Waals surface area contributed by atoms with E-state index in [4.69, 9.17) is 10.5 Å². The fourth-order valence-corrected chi connectivity index (χ4v) is 4.57. The van der Waals surface area contributed by atoms with E-state index in [9.17, 15) is 14.3 Å². The van der Waals surface area contributed by atoms with Crippen LogP contribution in [0.25, 0.3) is 5.70 Å². The SMILES string of the molecule is CC1=C(Nc2ccc(F)cc2OC2CNC(CO)C2)c2ccsc2CN1C(N)=O. The average Bonchev–Trinajstić information content (AvgIpc) is 3.34. The van der Waals surface area contributed by atoms with E-state index in [2.05, 4.69) is 10.6 Å². The first-order valence-corrected chi connectivity index (χ1v) is 10.3. The number of hydrogen-bond acceptors (Lipinski definition) is 6. The second-order valence-corrected chi connectivity index (χ2v) is 8.17. The quantitative estimate of drug-likeness (QED) is 0.598. The molecule has 2 atom stereocenters. The van der Waals surface area contributed by atoms with Crippen LogP contribution in [-0.2, 0) is 6.54 Å². The van der Waals surface area contributed by atoms with Gasteiger partial charge in [-0.3, -0.25) is 4.90 Å². The molecule has 0 bridgehead atoms. The smallest absolute Gasteiger partial charge is 0.319 e. The molecule has 2 aromatic rings. The van der Waals surface area contributed by atoms with Gasteiger partial charge in [0.2, 0.25) is 0 Å². The van der Waals surface area contributed by atoms with Gasteiger partial charge in [0.25, 0.3) is 0 Å². The van der Waals surface area contributed by atoms with E-state index in [-0.39, 0.29) is 18.8 Å². The summed E-state index contributed by atoms with van der Waals surface area (Å²) in [7, 11) is 0. The molecule has 0 spiro atoms.